The lowest BCUT2D eigenvalue weighted by Crippen LogP contribution is -2.30. The number of hydrogen-bond acceptors (Lipinski definition) is 7. The molecule has 0 spiro atoms. The Morgan fingerprint density at radius 3 is 1.61 bits per heavy atom. The van der Waals surface area contributed by atoms with E-state index in [1.807, 2.05) is 78.9 Å². The second kappa shape index (κ2) is 15.1. The van der Waals surface area contributed by atoms with Crippen LogP contribution in [-0.4, -0.2) is 14.2 Å². The number of anilines is 6. The van der Waals surface area contributed by atoms with Gasteiger partial charge in [0.05, 0.1) is 31.9 Å². The molecule has 7 nitrogen and oxygen atoms in total. The monoisotopic (exact) mass is 888 g/mol. The average molecular weight is 889 g/mol. The SMILES string of the molecule is CC1(C)c2ccccc2N(c2ccc3oc4ccc(-c5ccc(N(c6ccccc6)c6ccc(-c7ccc8c(c7)C(=O)c7ccccc7S8(=O)=O)cc6)cc5)cc4c(=O)c3c2)c2ccccc21. The third kappa shape index (κ3) is 6.36. The molecule has 3 heterocycles. The lowest BCUT2D eigenvalue weighted by atomic mass is 9.73. The minimum Gasteiger partial charge on any atom is -0.456 e. The normalized spacial score (nSPS) is 14.2. The van der Waals surface area contributed by atoms with E-state index in [0.29, 0.717) is 21.9 Å². The summed E-state index contributed by atoms with van der Waals surface area (Å²) in [6, 6.07) is 66.3. The van der Waals surface area contributed by atoms with Crippen molar-refractivity contribution in [2.45, 2.75) is 29.1 Å². The second-order valence-corrected chi connectivity index (χ2v) is 19.5. The number of sulfone groups is 1. The van der Waals surface area contributed by atoms with E-state index in [1.54, 1.807) is 30.3 Å². The van der Waals surface area contributed by atoms with Crippen LogP contribution in [-0.2, 0) is 15.3 Å². The predicted molar refractivity (Wildman–Crippen MR) is 268 cm³/mol. The molecule has 0 aliphatic carbocycles. The molecule has 0 N–H and O–H groups in total. The van der Waals surface area contributed by atoms with E-state index in [0.717, 1.165) is 56.4 Å². The van der Waals surface area contributed by atoms with E-state index < -0.39 is 9.84 Å². The fourth-order valence-corrected chi connectivity index (χ4v) is 11.6. The van der Waals surface area contributed by atoms with Crippen LogP contribution < -0.4 is 15.2 Å². The van der Waals surface area contributed by atoms with Gasteiger partial charge >= 0.3 is 0 Å². The molecule has 9 aromatic carbocycles. The van der Waals surface area contributed by atoms with E-state index >= 15 is 0 Å². The molecule has 0 saturated heterocycles. The van der Waals surface area contributed by atoms with E-state index in [4.69, 9.17) is 4.42 Å². The number of carbonyl (C=O) groups is 1. The molecule has 8 heteroatoms. The van der Waals surface area contributed by atoms with Crippen LogP contribution in [0.4, 0.5) is 34.1 Å². The zero-order chi connectivity index (χ0) is 45.6. The molecule has 2 aliphatic heterocycles. The molecule has 0 unspecified atom stereocenters. The fourth-order valence-electron chi connectivity index (χ4n) is 10.0. The van der Waals surface area contributed by atoms with Crippen LogP contribution >= 0.6 is 0 Å². The van der Waals surface area contributed by atoms with Gasteiger partial charge in [0.1, 0.15) is 11.2 Å². The standard InChI is InChI=1S/C59H40N2O5S/c1-59(2)49-15-7-9-17-51(49)61(52-18-10-8-16-50(52)59)44-30-32-54-47(36-44)58(63)46-34-39(24-31-53(46)66-54)37-20-26-42(27-21-37)60(41-12-4-3-5-13-41)43-28-22-38(23-29-43)40-25-33-56-48(35-40)57(62)45-14-6-11-19-55(45)67(56,64)65/h3-36H,1-2H3. The predicted octanol–water partition coefficient (Wildman–Crippen LogP) is 14.2. The molecule has 0 bridgehead atoms. The summed E-state index contributed by atoms with van der Waals surface area (Å²) in [5.41, 5.74) is 12.8. The van der Waals surface area contributed by atoms with Crippen LogP contribution in [0, 0.1) is 0 Å². The van der Waals surface area contributed by atoms with Crippen LogP contribution in [0.25, 0.3) is 44.2 Å². The largest absolute Gasteiger partial charge is 0.456 e. The number of para-hydroxylation sites is 3. The third-order valence-electron chi connectivity index (χ3n) is 13.4. The Labute approximate surface area is 387 Å². The van der Waals surface area contributed by atoms with Crippen molar-refractivity contribution in [1.29, 1.82) is 0 Å². The number of carbonyl (C=O) groups excluding carboxylic acids is 1. The maximum Gasteiger partial charge on any atom is 0.208 e. The molecule has 0 atom stereocenters. The summed E-state index contributed by atoms with van der Waals surface area (Å²) in [5, 5.41) is 1.02. The Kier molecular flexibility index (Phi) is 9.07. The number of benzene rings is 9. The first-order valence-corrected chi connectivity index (χ1v) is 23.6. The zero-order valence-electron chi connectivity index (χ0n) is 36.5. The Morgan fingerprint density at radius 2 is 0.955 bits per heavy atom. The number of hydrogen-bond donors (Lipinski definition) is 0. The van der Waals surface area contributed by atoms with Crippen LogP contribution in [0.3, 0.4) is 0 Å². The van der Waals surface area contributed by atoms with Crippen LogP contribution in [0.5, 0.6) is 0 Å². The van der Waals surface area contributed by atoms with Gasteiger partial charge in [-0.1, -0.05) is 117 Å². The number of rotatable bonds is 6. The molecule has 0 amide bonds. The van der Waals surface area contributed by atoms with Crippen LogP contribution in [0.1, 0.15) is 40.9 Å². The minimum absolute atomic E-state index is 0.0284. The highest BCUT2D eigenvalue weighted by Crippen LogP contribution is 2.52. The molecule has 0 radical (unpaired) electrons. The second-order valence-electron chi connectivity index (χ2n) is 17.6. The van der Waals surface area contributed by atoms with Gasteiger partial charge in [-0.05, 0) is 137 Å². The Balaban J connectivity index is 0.872. The van der Waals surface area contributed by atoms with Crippen molar-refractivity contribution >= 4 is 71.7 Å². The highest BCUT2D eigenvalue weighted by atomic mass is 32.2. The van der Waals surface area contributed by atoms with Crippen LogP contribution in [0.2, 0.25) is 0 Å². The van der Waals surface area contributed by atoms with Crippen molar-refractivity contribution in [3.8, 4) is 22.3 Å². The average Bonchev–Trinajstić information content (AvgIpc) is 3.37. The van der Waals surface area contributed by atoms with Crippen molar-refractivity contribution < 1.29 is 17.6 Å². The molecule has 0 fully saturated rings. The molecule has 12 rings (SSSR count). The third-order valence-corrected chi connectivity index (χ3v) is 15.3. The first kappa shape index (κ1) is 40.2. The molecule has 1 aromatic heterocycles. The highest BCUT2D eigenvalue weighted by molar-refractivity contribution is 7.91. The molecular formula is C59H40N2O5S. The number of ketones is 1. The zero-order valence-corrected chi connectivity index (χ0v) is 37.3. The lowest BCUT2D eigenvalue weighted by molar-refractivity contribution is 0.103. The molecule has 67 heavy (non-hydrogen) atoms. The highest BCUT2D eigenvalue weighted by Gasteiger charge is 2.37. The topological polar surface area (TPSA) is 87.9 Å². The maximum atomic E-state index is 14.5. The molecular weight excluding hydrogens is 849 g/mol. The summed E-state index contributed by atoms with van der Waals surface area (Å²) < 4.78 is 33.3. The lowest BCUT2D eigenvalue weighted by Gasteiger charge is -2.42. The smallest absolute Gasteiger partial charge is 0.208 e. The van der Waals surface area contributed by atoms with Gasteiger partial charge in [0.25, 0.3) is 0 Å². The molecule has 2 aliphatic rings. The van der Waals surface area contributed by atoms with Gasteiger partial charge in [0.2, 0.25) is 15.3 Å². The van der Waals surface area contributed by atoms with Crippen molar-refractivity contribution in [3.63, 3.8) is 0 Å². The van der Waals surface area contributed by atoms with Crippen molar-refractivity contribution in [2.75, 3.05) is 9.80 Å². The van der Waals surface area contributed by atoms with Gasteiger partial charge in [-0.25, -0.2) is 8.42 Å². The maximum absolute atomic E-state index is 14.5. The van der Waals surface area contributed by atoms with Gasteiger partial charge < -0.3 is 14.2 Å². The first-order valence-electron chi connectivity index (χ1n) is 22.1. The summed E-state index contributed by atoms with van der Waals surface area (Å²) in [6.45, 7) is 4.52. The van der Waals surface area contributed by atoms with E-state index in [1.165, 1.54) is 23.3 Å². The van der Waals surface area contributed by atoms with Gasteiger partial charge in [0.15, 0.2) is 5.78 Å². The summed E-state index contributed by atoms with van der Waals surface area (Å²) in [7, 11) is -3.82. The molecule has 322 valence electrons. The van der Waals surface area contributed by atoms with Gasteiger partial charge in [-0.3, -0.25) is 9.59 Å². The fraction of sp³-hybridized carbons (Fsp3) is 0.0508. The Hall–Kier alpha value is -8.33. The Morgan fingerprint density at radius 1 is 0.463 bits per heavy atom. The summed E-state index contributed by atoms with van der Waals surface area (Å²) >= 11 is 0. The number of nitrogens with zero attached hydrogens (tertiary/aromatic N) is 2. The van der Waals surface area contributed by atoms with Gasteiger partial charge in [-0.15, -0.1) is 0 Å². The Bertz CT molecular complexity index is 3790. The first-order chi connectivity index (χ1) is 32.6. The van der Waals surface area contributed by atoms with Crippen molar-refractivity contribution in [3.05, 3.63) is 239 Å². The number of fused-ring (bicyclic) bond motifs is 6. The summed E-state index contributed by atoms with van der Waals surface area (Å²) in [6.07, 6.45) is 0. The van der Waals surface area contributed by atoms with E-state index in [-0.39, 0.29) is 37.5 Å². The van der Waals surface area contributed by atoms with E-state index in [2.05, 4.69) is 109 Å². The molecule has 10 aromatic rings. The quantitative estimate of drug-likeness (QED) is 0.154. The minimum atomic E-state index is -3.82. The summed E-state index contributed by atoms with van der Waals surface area (Å²) in [5.74, 6) is -0.303. The van der Waals surface area contributed by atoms with E-state index in [9.17, 15) is 18.0 Å². The van der Waals surface area contributed by atoms with Crippen LogP contribution in [0.15, 0.2) is 225 Å². The van der Waals surface area contributed by atoms with Crippen molar-refractivity contribution in [2.24, 2.45) is 0 Å². The van der Waals surface area contributed by atoms with Gasteiger partial charge in [-0.2, -0.15) is 0 Å². The van der Waals surface area contributed by atoms with Crippen molar-refractivity contribution in [1.82, 2.24) is 0 Å². The van der Waals surface area contributed by atoms with Gasteiger partial charge in [0, 0.05) is 39.3 Å². The summed E-state index contributed by atoms with van der Waals surface area (Å²) in [4.78, 5) is 32.5. The molecule has 0 saturated carbocycles.